The predicted octanol–water partition coefficient (Wildman–Crippen LogP) is 2.67. The van der Waals surface area contributed by atoms with E-state index in [1.165, 1.54) is 18.3 Å². The highest BCUT2D eigenvalue weighted by Crippen LogP contribution is 2.34. The molecule has 0 spiro atoms. The molecule has 1 amide bonds. The summed E-state index contributed by atoms with van der Waals surface area (Å²) < 4.78 is 27.2. The maximum absolute atomic E-state index is 13.0. The third kappa shape index (κ3) is 3.91. The molecule has 1 aromatic carbocycles. The van der Waals surface area contributed by atoms with Gasteiger partial charge in [0.25, 0.3) is 5.91 Å². The van der Waals surface area contributed by atoms with Crippen LogP contribution in [0.25, 0.3) is 10.9 Å². The Morgan fingerprint density at radius 2 is 2.03 bits per heavy atom. The molecule has 1 saturated heterocycles. The zero-order chi connectivity index (χ0) is 20.4. The van der Waals surface area contributed by atoms with Crippen molar-refractivity contribution in [1.29, 1.82) is 0 Å². The maximum Gasteiger partial charge on any atom is 0.274 e. The van der Waals surface area contributed by atoms with Crippen LogP contribution in [-0.4, -0.2) is 37.5 Å². The van der Waals surface area contributed by atoms with Gasteiger partial charge in [0.05, 0.1) is 0 Å². The number of anilines is 1. The topological polar surface area (TPSA) is 95.4 Å². The molecule has 9 heteroatoms. The highest BCUT2D eigenvalue weighted by atomic mass is 32.2. The Morgan fingerprint density at radius 3 is 2.79 bits per heavy atom. The second-order valence-electron chi connectivity index (χ2n) is 6.68. The second kappa shape index (κ2) is 8.12. The molecule has 0 bridgehead atoms. The molecule has 1 unspecified atom stereocenters. The van der Waals surface area contributed by atoms with E-state index in [1.54, 1.807) is 28.6 Å². The smallest absolute Gasteiger partial charge is 0.274 e. The van der Waals surface area contributed by atoms with Crippen LogP contribution in [0.5, 0.6) is 5.75 Å². The van der Waals surface area contributed by atoms with Gasteiger partial charge in [0, 0.05) is 30.4 Å². The molecule has 4 rings (SSSR count). The van der Waals surface area contributed by atoms with Gasteiger partial charge in [-0.05, 0) is 42.7 Å². The van der Waals surface area contributed by atoms with E-state index in [9.17, 15) is 18.5 Å². The van der Waals surface area contributed by atoms with Crippen LogP contribution >= 0.6 is 0 Å². The number of hydrogen-bond donors (Lipinski definition) is 2. The number of halogens is 1. The Morgan fingerprint density at radius 1 is 1.24 bits per heavy atom. The van der Waals surface area contributed by atoms with Crippen molar-refractivity contribution in [3.8, 4) is 5.75 Å². The molecule has 0 saturated carbocycles. The van der Waals surface area contributed by atoms with E-state index in [4.69, 9.17) is 0 Å². The number of nitrogens with zero attached hydrogens (tertiary/aromatic N) is 3. The number of aromatic hydroxyl groups is 1. The lowest BCUT2D eigenvalue weighted by Gasteiger charge is -2.27. The summed E-state index contributed by atoms with van der Waals surface area (Å²) in [5.41, 5.74) is 0.749. The van der Waals surface area contributed by atoms with Crippen molar-refractivity contribution in [2.75, 3.05) is 16.6 Å². The van der Waals surface area contributed by atoms with Gasteiger partial charge < -0.3 is 10.4 Å². The highest BCUT2D eigenvalue weighted by molar-refractivity contribution is 7.86. The largest absolute Gasteiger partial charge is 0.504 e. The van der Waals surface area contributed by atoms with E-state index in [0.717, 1.165) is 12.8 Å². The maximum atomic E-state index is 13.0. The fourth-order valence-corrected chi connectivity index (χ4v) is 4.55. The average Bonchev–Trinajstić information content (AvgIpc) is 2.74. The van der Waals surface area contributed by atoms with Gasteiger partial charge in [0.1, 0.15) is 22.3 Å². The van der Waals surface area contributed by atoms with Gasteiger partial charge in [0.2, 0.25) is 0 Å². The summed E-state index contributed by atoms with van der Waals surface area (Å²) in [5.74, 6) is -0.390. The van der Waals surface area contributed by atoms with Crippen molar-refractivity contribution in [2.24, 2.45) is 0 Å². The van der Waals surface area contributed by atoms with Crippen molar-refractivity contribution in [2.45, 2.75) is 19.4 Å². The summed E-state index contributed by atoms with van der Waals surface area (Å²) in [5, 5.41) is 13.8. The first-order valence-electron chi connectivity index (χ1n) is 9.21. The first-order valence-corrected chi connectivity index (χ1v) is 10.5. The van der Waals surface area contributed by atoms with Gasteiger partial charge in [-0.3, -0.25) is 14.1 Å². The van der Waals surface area contributed by atoms with Gasteiger partial charge in [0.15, 0.2) is 17.3 Å². The van der Waals surface area contributed by atoms with Crippen molar-refractivity contribution in [1.82, 2.24) is 15.3 Å². The summed E-state index contributed by atoms with van der Waals surface area (Å²) in [7, 11) is -1.25. The van der Waals surface area contributed by atoms with Crippen LogP contribution in [0, 0.1) is 5.82 Å². The van der Waals surface area contributed by atoms with Gasteiger partial charge in [-0.25, -0.2) is 13.6 Å². The van der Waals surface area contributed by atoms with Crippen LogP contribution in [0.3, 0.4) is 0 Å². The number of pyridine rings is 2. The number of hydrogen-bond acceptors (Lipinski definition) is 5. The second-order valence-corrected chi connectivity index (χ2v) is 8.17. The molecule has 7 nitrogen and oxygen atoms in total. The molecule has 3 aromatic rings. The molecule has 1 aliphatic heterocycles. The van der Waals surface area contributed by atoms with E-state index < -0.39 is 16.9 Å². The Kier molecular flexibility index (Phi) is 5.39. The number of rotatable bonds is 4. The van der Waals surface area contributed by atoms with Gasteiger partial charge in [-0.15, -0.1) is 0 Å². The molecule has 2 aromatic heterocycles. The number of aromatic nitrogens is 2. The quantitative estimate of drug-likeness (QED) is 0.684. The summed E-state index contributed by atoms with van der Waals surface area (Å²) >= 11 is 0. The molecule has 1 aliphatic rings. The fourth-order valence-electron chi connectivity index (χ4n) is 3.22. The van der Waals surface area contributed by atoms with Crippen LogP contribution < -0.4 is 9.62 Å². The monoisotopic (exact) mass is 414 g/mol. The molecule has 0 radical (unpaired) electrons. The summed E-state index contributed by atoms with van der Waals surface area (Å²) in [6, 6.07) is 9.17. The molecule has 0 aliphatic carbocycles. The number of carbonyl (C=O) groups excluding carboxylic acids is 1. The van der Waals surface area contributed by atoms with Crippen LogP contribution in [0.15, 0.2) is 42.6 Å². The minimum Gasteiger partial charge on any atom is -0.504 e. The number of amides is 1. The van der Waals surface area contributed by atoms with Crippen LogP contribution in [0.1, 0.15) is 28.9 Å². The molecule has 2 N–H and O–H groups in total. The van der Waals surface area contributed by atoms with Gasteiger partial charge >= 0.3 is 0 Å². The Labute approximate surface area is 169 Å². The minimum atomic E-state index is -1.25. The minimum absolute atomic E-state index is 0.144. The van der Waals surface area contributed by atoms with Gasteiger partial charge in [-0.2, -0.15) is 0 Å². The van der Waals surface area contributed by atoms with Crippen molar-refractivity contribution in [3.05, 3.63) is 59.7 Å². The van der Waals surface area contributed by atoms with Crippen molar-refractivity contribution >= 4 is 33.6 Å². The molecule has 150 valence electrons. The molecule has 1 fully saturated rings. The zero-order valence-electron chi connectivity index (χ0n) is 15.5. The Bertz CT molecular complexity index is 1090. The first kappa shape index (κ1) is 19.3. The predicted molar refractivity (Wildman–Crippen MR) is 108 cm³/mol. The SMILES string of the molecule is O=C(NCc1ccc(F)cc1)c1nc(N2CCCCS2=O)c2cccnc2c1O. The lowest BCUT2D eigenvalue weighted by molar-refractivity contribution is 0.0943. The molecule has 1 atom stereocenters. The number of nitrogens with one attached hydrogen (secondary N) is 1. The van der Waals surface area contributed by atoms with Crippen LogP contribution in [0.4, 0.5) is 10.2 Å². The van der Waals surface area contributed by atoms with Crippen LogP contribution in [0.2, 0.25) is 0 Å². The fraction of sp³-hybridized carbons (Fsp3) is 0.250. The van der Waals surface area contributed by atoms with E-state index >= 15 is 0 Å². The summed E-state index contributed by atoms with van der Waals surface area (Å²) in [6.45, 7) is 0.691. The van der Waals surface area contributed by atoms with E-state index in [1.807, 2.05) is 0 Å². The normalized spacial score (nSPS) is 16.7. The summed E-state index contributed by atoms with van der Waals surface area (Å²) in [6.07, 6.45) is 3.24. The molecule has 29 heavy (non-hydrogen) atoms. The Hall–Kier alpha value is -3.07. The van der Waals surface area contributed by atoms with Crippen molar-refractivity contribution < 1.29 is 18.5 Å². The molecular formula is C20H19FN4O3S. The first-order chi connectivity index (χ1) is 14.0. The lowest BCUT2D eigenvalue weighted by atomic mass is 10.1. The average molecular weight is 414 g/mol. The zero-order valence-corrected chi connectivity index (χ0v) is 16.3. The third-order valence-corrected chi connectivity index (χ3v) is 6.19. The highest BCUT2D eigenvalue weighted by Gasteiger charge is 2.26. The molecular weight excluding hydrogens is 395 g/mol. The molecule has 3 heterocycles. The number of benzene rings is 1. The lowest BCUT2D eigenvalue weighted by Crippen LogP contribution is -2.34. The summed E-state index contributed by atoms with van der Waals surface area (Å²) in [4.78, 5) is 21.3. The number of carbonyl (C=O) groups is 1. The van der Waals surface area contributed by atoms with Crippen molar-refractivity contribution in [3.63, 3.8) is 0 Å². The van der Waals surface area contributed by atoms with E-state index in [2.05, 4.69) is 15.3 Å². The Balaban J connectivity index is 1.70. The number of fused-ring (bicyclic) bond motifs is 1. The third-order valence-electron chi connectivity index (χ3n) is 4.71. The van der Waals surface area contributed by atoms with E-state index in [-0.39, 0.29) is 29.3 Å². The van der Waals surface area contributed by atoms with Crippen LogP contribution in [-0.2, 0) is 17.5 Å². The van der Waals surface area contributed by atoms with Gasteiger partial charge in [-0.1, -0.05) is 12.1 Å². The standard InChI is InChI=1S/C20H19FN4O3S/c21-14-7-5-13(6-8-14)12-23-20(27)17-18(26)16-15(4-3-9-22-16)19(24-17)25-10-1-2-11-29(25)28/h3-9,26H,1-2,10-12H2,(H,23,27). The van der Waals surface area contributed by atoms with E-state index in [0.29, 0.717) is 29.1 Å².